The Hall–Kier alpha value is -1.97. The van der Waals surface area contributed by atoms with Crippen molar-refractivity contribution in [1.82, 2.24) is 5.32 Å². The first-order valence-corrected chi connectivity index (χ1v) is 8.73. The second-order valence-corrected chi connectivity index (χ2v) is 6.36. The molecule has 0 aliphatic heterocycles. The summed E-state index contributed by atoms with van der Waals surface area (Å²) >= 11 is 0. The smallest absolute Gasteiger partial charge is 0.287 e. The lowest BCUT2D eigenvalue weighted by Crippen LogP contribution is -2.32. The van der Waals surface area contributed by atoms with Gasteiger partial charge in [-0.15, -0.1) is 0 Å². The zero-order valence-corrected chi connectivity index (χ0v) is 14.3. The molecule has 4 nitrogen and oxygen atoms in total. The van der Waals surface area contributed by atoms with Gasteiger partial charge in [0.1, 0.15) is 5.58 Å². The van der Waals surface area contributed by atoms with E-state index in [1.54, 1.807) is 0 Å². The Morgan fingerprint density at radius 2 is 1.96 bits per heavy atom. The summed E-state index contributed by atoms with van der Waals surface area (Å²) in [4.78, 5) is 14.8. The number of nitrogens with one attached hydrogen (secondary N) is 1. The number of benzene rings is 1. The number of amides is 1. The van der Waals surface area contributed by atoms with E-state index in [9.17, 15) is 4.79 Å². The van der Waals surface area contributed by atoms with Crippen LogP contribution in [-0.2, 0) is 0 Å². The SMILES string of the molecule is CCN(CC)c1ccc2oc(C(=O)NC3CCCC3)c(C)c2c1. The maximum absolute atomic E-state index is 12.5. The third-order valence-electron chi connectivity index (χ3n) is 4.94. The molecule has 0 bridgehead atoms. The Labute approximate surface area is 137 Å². The van der Waals surface area contributed by atoms with Gasteiger partial charge in [0.05, 0.1) is 0 Å². The molecule has 23 heavy (non-hydrogen) atoms. The lowest BCUT2D eigenvalue weighted by Gasteiger charge is -2.20. The molecule has 124 valence electrons. The average molecular weight is 314 g/mol. The molecule has 1 fully saturated rings. The first-order chi connectivity index (χ1) is 11.1. The predicted octanol–water partition coefficient (Wildman–Crippen LogP) is 4.26. The monoisotopic (exact) mass is 314 g/mol. The van der Waals surface area contributed by atoms with Crippen molar-refractivity contribution in [1.29, 1.82) is 0 Å². The van der Waals surface area contributed by atoms with Crippen LogP contribution in [0.1, 0.15) is 55.6 Å². The molecule has 0 radical (unpaired) electrons. The minimum Gasteiger partial charge on any atom is -0.451 e. The summed E-state index contributed by atoms with van der Waals surface area (Å²) in [6.07, 6.45) is 4.57. The van der Waals surface area contributed by atoms with Gasteiger partial charge in [-0.05, 0) is 51.8 Å². The van der Waals surface area contributed by atoms with E-state index in [1.807, 2.05) is 13.0 Å². The molecule has 1 aromatic carbocycles. The Kier molecular flexibility index (Phi) is 4.60. The molecule has 1 saturated carbocycles. The summed E-state index contributed by atoms with van der Waals surface area (Å²) in [5.41, 5.74) is 2.90. The van der Waals surface area contributed by atoms with Crippen LogP contribution in [-0.4, -0.2) is 25.0 Å². The highest BCUT2D eigenvalue weighted by Gasteiger charge is 2.23. The highest BCUT2D eigenvalue weighted by atomic mass is 16.3. The minimum atomic E-state index is -0.0741. The van der Waals surface area contributed by atoms with Crippen molar-refractivity contribution in [3.05, 3.63) is 29.5 Å². The molecule has 0 unspecified atom stereocenters. The van der Waals surface area contributed by atoms with Crippen molar-refractivity contribution in [2.75, 3.05) is 18.0 Å². The predicted molar refractivity (Wildman–Crippen MR) is 94.2 cm³/mol. The fourth-order valence-electron chi connectivity index (χ4n) is 3.53. The molecule has 0 saturated heterocycles. The van der Waals surface area contributed by atoms with E-state index in [0.717, 1.165) is 42.5 Å². The lowest BCUT2D eigenvalue weighted by molar-refractivity contribution is 0.0911. The van der Waals surface area contributed by atoms with Gasteiger partial charge in [0, 0.05) is 35.8 Å². The third-order valence-corrected chi connectivity index (χ3v) is 4.94. The highest BCUT2D eigenvalue weighted by Crippen LogP contribution is 2.30. The van der Waals surface area contributed by atoms with E-state index in [4.69, 9.17) is 4.42 Å². The van der Waals surface area contributed by atoms with Gasteiger partial charge in [-0.25, -0.2) is 0 Å². The molecular weight excluding hydrogens is 288 g/mol. The van der Waals surface area contributed by atoms with Crippen LogP contribution in [0.3, 0.4) is 0 Å². The number of carbonyl (C=O) groups excluding carboxylic acids is 1. The summed E-state index contributed by atoms with van der Waals surface area (Å²) in [6.45, 7) is 8.20. The first-order valence-electron chi connectivity index (χ1n) is 8.73. The van der Waals surface area contributed by atoms with E-state index in [1.165, 1.54) is 18.5 Å². The van der Waals surface area contributed by atoms with Crippen LogP contribution in [0, 0.1) is 6.92 Å². The van der Waals surface area contributed by atoms with Crippen LogP contribution >= 0.6 is 0 Å². The number of furan rings is 1. The quantitative estimate of drug-likeness (QED) is 0.897. The topological polar surface area (TPSA) is 45.5 Å². The maximum Gasteiger partial charge on any atom is 0.287 e. The Morgan fingerprint density at radius 3 is 2.61 bits per heavy atom. The van der Waals surface area contributed by atoms with Crippen molar-refractivity contribution < 1.29 is 9.21 Å². The number of aryl methyl sites for hydroxylation is 1. The van der Waals surface area contributed by atoms with E-state index in [-0.39, 0.29) is 5.91 Å². The standard InChI is InChI=1S/C19H26N2O2/c1-4-21(5-2)15-10-11-17-16(12-15)13(3)18(23-17)19(22)20-14-8-6-7-9-14/h10-12,14H,4-9H2,1-3H3,(H,20,22). The molecule has 1 aromatic heterocycles. The second-order valence-electron chi connectivity index (χ2n) is 6.36. The van der Waals surface area contributed by atoms with Crippen molar-refractivity contribution in [3.8, 4) is 0 Å². The summed E-state index contributed by atoms with van der Waals surface area (Å²) in [5.74, 6) is 0.388. The normalized spacial score (nSPS) is 15.3. The lowest BCUT2D eigenvalue weighted by atomic mass is 10.1. The van der Waals surface area contributed by atoms with Crippen LogP contribution in [0.5, 0.6) is 0 Å². The Bertz CT molecular complexity index is 695. The van der Waals surface area contributed by atoms with Gasteiger partial charge in [0.2, 0.25) is 0 Å². The number of carbonyl (C=O) groups is 1. The molecule has 2 aromatic rings. The van der Waals surface area contributed by atoms with Crippen molar-refractivity contribution >= 4 is 22.6 Å². The number of nitrogens with zero attached hydrogens (tertiary/aromatic N) is 1. The van der Waals surface area contributed by atoms with Crippen LogP contribution < -0.4 is 10.2 Å². The fraction of sp³-hybridized carbons (Fsp3) is 0.526. The second kappa shape index (κ2) is 6.65. The van der Waals surface area contributed by atoms with Gasteiger partial charge in [-0.3, -0.25) is 4.79 Å². The Balaban J connectivity index is 1.89. The van der Waals surface area contributed by atoms with Gasteiger partial charge in [0.15, 0.2) is 5.76 Å². The van der Waals surface area contributed by atoms with Gasteiger partial charge < -0.3 is 14.6 Å². The molecule has 0 spiro atoms. The Morgan fingerprint density at radius 1 is 1.26 bits per heavy atom. The largest absolute Gasteiger partial charge is 0.451 e. The average Bonchev–Trinajstić information content (AvgIpc) is 3.17. The number of hydrogen-bond donors (Lipinski definition) is 1. The van der Waals surface area contributed by atoms with E-state index in [0.29, 0.717) is 11.8 Å². The van der Waals surface area contributed by atoms with Gasteiger partial charge in [-0.1, -0.05) is 12.8 Å². The van der Waals surface area contributed by atoms with Crippen LogP contribution in [0.15, 0.2) is 22.6 Å². The summed E-state index contributed by atoms with van der Waals surface area (Å²) < 4.78 is 5.84. The zero-order valence-electron chi connectivity index (χ0n) is 14.3. The number of fused-ring (bicyclic) bond motifs is 1. The van der Waals surface area contributed by atoms with Crippen LogP contribution in [0.2, 0.25) is 0 Å². The van der Waals surface area contributed by atoms with Crippen LogP contribution in [0.4, 0.5) is 5.69 Å². The molecule has 0 atom stereocenters. The fourth-order valence-corrected chi connectivity index (χ4v) is 3.53. The van der Waals surface area contributed by atoms with Gasteiger partial charge >= 0.3 is 0 Å². The number of rotatable bonds is 5. The number of hydrogen-bond acceptors (Lipinski definition) is 3. The van der Waals surface area contributed by atoms with Crippen LogP contribution in [0.25, 0.3) is 11.0 Å². The van der Waals surface area contributed by atoms with Gasteiger partial charge in [-0.2, -0.15) is 0 Å². The van der Waals surface area contributed by atoms with Crippen molar-refractivity contribution in [3.63, 3.8) is 0 Å². The van der Waals surface area contributed by atoms with Crippen molar-refractivity contribution in [2.24, 2.45) is 0 Å². The summed E-state index contributed by atoms with van der Waals surface area (Å²) in [5, 5.41) is 4.15. The molecular formula is C19H26N2O2. The molecule has 1 N–H and O–H groups in total. The maximum atomic E-state index is 12.5. The molecule has 1 heterocycles. The molecule has 1 aliphatic rings. The highest BCUT2D eigenvalue weighted by molar-refractivity contribution is 5.99. The van der Waals surface area contributed by atoms with E-state index in [2.05, 4.69) is 36.2 Å². The molecule has 3 rings (SSSR count). The zero-order chi connectivity index (χ0) is 16.4. The van der Waals surface area contributed by atoms with Crippen molar-refractivity contribution in [2.45, 2.75) is 52.5 Å². The minimum absolute atomic E-state index is 0.0741. The van der Waals surface area contributed by atoms with Gasteiger partial charge in [0.25, 0.3) is 5.91 Å². The third kappa shape index (κ3) is 3.07. The van der Waals surface area contributed by atoms with E-state index < -0.39 is 0 Å². The molecule has 1 aliphatic carbocycles. The molecule has 1 amide bonds. The van der Waals surface area contributed by atoms with E-state index >= 15 is 0 Å². The first kappa shape index (κ1) is 15.9. The summed E-state index contributed by atoms with van der Waals surface area (Å²) in [7, 11) is 0. The molecule has 4 heteroatoms. The number of anilines is 1. The summed E-state index contributed by atoms with van der Waals surface area (Å²) in [6, 6.07) is 6.48.